The van der Waals surface area contributed by atoms with Gasteiger partial charge in [-0.05, 0) is 54.8 Å². The number of fused-ring (bicyclic) bond motifs is 1. The molecule has 2 aliphatic heterocycles. The Hall–Kier alpha value is -3.32. The van der Waals surface area contributed by atoms with Crippen LogP contribution in [0.4, 0.5) is 4.39 Å². The van der Waals surface area contributed by atoms with Gasteiger partial charge in [-0.2, -0.15) is 0 Å². The third-order valence-electron chi connectivity index (χ3n) is 8.19. The highest BCUT2D eigenvalue weighted by Crippen LogP contribution is 2.47. The summed E-state index contributed by atoms with van der Waals surface area (Å²) in [5, 5.41) is 1.09. The number of aromatic nitrogens is 1. The molecule has 0 radical (unpaired) electrons. The zero-order chi connectivity index (χ0) is 23.8. The second-order valence-corrected chi connectivity index (χ2v) is 10.9. The Morgan fingerprint density at radius 1 is 1.06 bits per heavy atom. The molecule has 7 rings (SSSR count). The van der Waals surface area contributed by atoms with Crippen LogP contribution < -0.4 is 0 Å². The van der Waals surface area contributed by atoms with E-state index in [2.05, 4.69) is 9.88 Å². The zero-order valence-electron chi connectivity index (χ0n) is 19.5. The summed E-state index contributed by atoms with van der Waals surface area (Å²) < 4.78 is 15.3. The smallest absolute Gasteiger partial charge is 0.256 e. The van der Waals surface area contributed by atoms with Gasteiger partial charge in [-0.15, -0.1) is 0 Å². The summed E-state index contributed by atoms with van der Waals surface area (Å²) in [6, 6.07) is 13.0. The quantitative estimate of drug-likeness (QED) is 0.531. The molecule has 6 nitrogen and oxygen atoms in total. The number of amides is 1. The second kappa shape index (κ2) is 7.34. The molecule has 1 N–H and O–H groups in total. The highest BCUT2D eigenvalue weighted by atomic mass is 19.1. The first-order chi connectivity index (χ1) is 17.0. The maximum Gasteiger partial charge on any atom is 0.256 e. The van der Waals surface area contributed by atoms with Crippen LogP contribution in [-0.2, 0) is 9.59 Å². The third-order valence-corrected chi connectivity index (χ3v) is 8.19. The van der Waals surface area contributed by atoms with Crippen molar-refractivity contribution in [2.45, 2.75) is 31.2 Å². The van der Waals surface area contributed by atoms with Crippen LogP contribution in [0.1, 0.15) is 31.2 Å². The van der Waals surface area contributed by atoms with Gasteiger partial charge in [-0.1, -0.05) is 24.3 Å². The number of nitrogens with one attached hydrogen (secondary N) is 1. The van der Waals surface area contributed by atoms with E-state index in [0.29, 0.717) is 29.4 Å². The van der Waals surface area contributed by atoms with Crippen molar-refractivity contribution in [1.82, 2.24) is 14.8 Å². The van der Waals surface area contributed by atoms with Crippen molar-refractivity contribution in [3.05, 3.63) is 60.0 Å². The first kappa shape index (κ1) is 21.0. The van der Waals surface area contributed by atoms with Crippen molar-refractivity contribution in [2.75, 3.05) is 26.2 Å². The fourth-order valence-corrected chi connectivity index (χ4v) is 5.69. The van der Waals surface area contributed by atoms with Crippen LogP contribution in [0.2, 0.25) is 0 Å². The normalized spacial score (nSPS) is 22.5. The lowest BCUT2D eigenvalue weighted by molar-refractivity contribution is -0.129. The van der Waals surface area contributed by atoms with Gasteiger partial charge >= 0.3 is 0 Å². The average Bonchev–Trinajstić information content (AvgIpc) is 3.73. The molecule has 0 atom stereocenters. The summed E-state index contributed by atoms with van der Waals surface area (Å²) in [5.74, 6) is 0.678. The lowest BCUT2D eigenvalue weighted by Gasteiger charge is -2.42. The summed E-state index contributed by atoms with van der Waals surface area (Å²) in [5.41, 5.74) is 2.21. The molecule has 0 bridgehead atoms. The van der Waals surface area contributed by atoms with Crippen molar-refractivity contribution in [3.63, 3.8) is 0 Å². The van der Waals surface area contributed by atoms with E-state index in [1.54, 1.807) is 11.0 Å². The number of nitrogens with zero attached hydrogens (tertiary/aromatic N) is 3. The van der Waals surface area contributed by atoms with Gasteiger partial charge in [0.05, 0.1) is 0 Å². The van der Waals surface area contributed by atoms with Crippen LogP contribution in [0.25, 0.3) is 22.0 Å². The van der Waals surface area contributed by atoms with E-state index < -0.39 is 5.54 Å². The van der Waals surface area contributed by atoms with Crippen LogP contribution in [0.3, 0.4) is 0 Å². The lowest BCUT2D eigenvalue weighted by Crippen LogP contribution is -2.54. The van der Waals surface area contributed by atoms with E-state index in [1.165, 1.54) is 6.07 Å². The maximum atomic E-state index is 15.3. The summed E-state index contributed by atoms with van der Waals surface area (Å²) >= 11 is 0. The number of hydrogen-bond acceptors (Lipinski definition) is 4. The molecule has 3 fully saturated rings. The molecule has 2 saturated carbocycles. The Bertz CT molecular complexity index is 1390. The predicted molar refractivity (Wildman–Crippen MR) is 132 cm³/mol. The van der Waals surface area contributed by atoms with Gasteiger partial charge in [0.15, 0.2) is 0 Å². The van der Waals surface area contributed by atoms with Crippen LogP contribution in [0.15, 0.2) is 53.7 Å². The molecule has 3 heterocycles. The minimum Gasteiger partial charge on any atom is -0.361 e. The number of aliphatic imine (C=N–C) groups is 1. The molecule has 1 aromatic heterocycles. The number of benzene rings is 2. The van der Waals surface area contributed by atoms with Gasteiger partial charge in [0.1, 0.15) is 23.5 Å². The van der Waals surface area contributed by atoms with Gasteiger partial charge in [0.2, 0.25) is 0 Å². The molecule has 35 heavy (non-hydrogen) atoms. The molecule has 2 aliphatic carbocycles. The SMILES string of the molecule is O=CC1(CN2CC(CN3C(=O)C4(CC4)N=C3c3ccc(-c4ccc5cc[nH]c5c4)c(F)c3)C2)CC1. The number of aromatic amines is 1. The van der Waals surface area contributed by atoms with E-state index in [4.69, 9.17) is 4.99 Å². The Morgan fingerprint density at radius 3 is 2.57 bits per heavy atom. The molecule has 1 spiro atoms. The van der Waals surface area contributed by atoms with Crippen LogP contribution in [0, 0.1) is 17.2 Å². The van der Waals surface area contributed by atoms with Crippen molar-refractivity contribution >= 4 is 28.9 Å². The van der Waals surface area contributed by atoms with E-state index in [-0.39, 0.29) is 17.1 Å². The first-order valence-electron chi connectivity index (χ1n) is 12.5. The van der Waals surface area contributed by atoms with Crippen molar-refractivity contribution in [1.29, 1.82) is 0 Å². The van der Waals surface area contributed by atoms with E-state index in [1.807, 2.05) is 36.5 Å². The number of hydrogen-bond donors (Lipinski definition) is 1. The summed E-state index contributed by atoms with van der Waals surface area (Å²) in [6.45, 7) is 3.19. The molecule has 1 amide bonds. The van der Waals surface area contributed by atoms with Crippen LogP contribution in [0.5, 0.6) is 0 Å². The number of H-pyrrole nitrogens is 1. The zero-order valence-corrected chi connectivity index (χ0v) is 19.5. The van der Waals surface area contributed by atoms with Gasteiger partial charge < -0.3 is 14.7 Å². The Kier molecular flexibility index (Phi) is 4.40. The lowest BCUT2D eigenvalue weighted by atomic mass is 9.96. The summed E-state index contributed by atoms with van der Waals surface area (Å²) in [6.07, 6.45) is 6.49. The second-order valence-electron chi connectivity index (χ2n) is 10.9. The molecule has 3 aromatic rings. The molecular formula is C28H27FN4O2. The number of amidine groups is 1. The minimum absolute atomic E-state index is 0.0548. The van der Waals surface area contributed by atoms with Crippen LogP contribution in [-0.4, -0.2) is 64.5 Å². The van der Waals surface area contributed by atoms with Gasteiger partial charge in [-0.25, -0.2) is 4.39 Å². The van der Waals surface area contributed by atoms with Gasteiger partial charge in [0, 0.05) is 60.4 Å². The molecule has 1 saturated heterocycles. The van der Waals surface area contributed by atoms with Crippen molar-refractivity contribution < 1.29 is 14.0 Å². The Labute approximate surface area is 202 Å². The van der Waals surface area contributed by atoms with Crippen LogP contribution >= 0.6 is 0 Å². The van der Waals surface area contributed by atoms with Gasteiger partial charge in [-0.3, -0.25) is 14.7 Å². The highest BCUT2D eigenvalue weighted by Gasteiger charge is 2.58. The molecule has 7 heteroatoms. The minimum atomic E-state index is -0.623. The molecule has 178 valence electrons. The standard InChI is InChI=1S/C28H27FN4O2/c29-23-11-21(3-4-22(23)20-2-1-19-5-10-30-24(19)12-20)25-31-28(8-9-28)26(35)33(25)15-18-13-32(14-18)16-27(17-34)6-7-27/h1-5,10-12,17-18,30H,6-9,13-16H2. The summed E-state index contributed by atoms with van der Waals surface area (Å²) in [7, 11) is 0. The fourth-order valence-electron chi connectivity index (χ4n) is 5.69. The predicted octanol–water partition coefficient (Wildman–Crippen LogP) is 4.01. The molecule has 0 unspecified atom stereocenters. The Morgan fingerprint density at radius 2 is 1.86 bits per heavy atom. The van der Waals surface area contributed by atoms with Crippen molar-refractivity contribution in [2.24, 2.45) is 16.3 Å². The average molecular weight is 471 g/mol. The largest absolute Gasteiger partial charge is 0.361 e. The number of likely N-dealkylation sites (tertiary alicyclic amines) is 1. The van der Waals surface area contributed by atoms with Crippen molar-refractivity contribution in [3.8, 4) is 11.1 Å². The van der Waals surface area contributed by atoms with Gasteiger partial charge in [0.25, 0.3) is 5.91 Å². The number of rotatable bonds is 7. The number of halogens is 1. The number of aldehydes is 1. The molecular weight excluding hydrogens is 443 g/mol. The monoisotopic (exact) mass is 470 g/mol. The third kappa shape index (κ3) is 3.44. The van der Waals surface area contributed by atoms with E-state index >= 15 is 4.39 Å². The maximum absolute atomic E-state index is 15.3. The highest BCUT2D eigenvalue weighted by molar-refractivity contribution is 6.16. The number of carbonyl (C=O) groups excluding carboxylic acids is 2. The topological polar surface area (TPSA) is 68.8 Å². The van der Waals surface area contributed by atoms with E-state index in [0.717, 1.165) is 68.1 Å². The Balaban J connectivity index is 1.11. The fraction of sp³-hybridized carbons (Fsp3) is 0.393. The van der Waals surface area contributed by atoms with E-state index in [9.17, 15) is 9.59 Å². The molecule has 2 aromatic carbocycles. The molecule has 4 aliphatic rings. The summed E-state index contributed by atoms with van der Waals surface area (Å²) in [4.78, 5) is 36.6. The first-order valence-corrected chi connectivity index (χ1v) is 12.5. The number of carbonyl (C=O) groups is 2.